The summed E-state index contributed by atoms with van der Waals surface area (Å²) in [4.78, 5) is 20.0. The maximum atomic E-state index is 12.4. The first-order chi connectivity index (χ1) is 14.4. The molecule has 1 unspecified atom stereocenters. The molecule has 30 heavy (non-hydrogen) atoms. The van der Waals surface area contributed by atoms with Gasteiger partial charge in [-0.2, -0.15) is 0 Å². The van der Waals surface area contributed by atoms with Crippen LogP contribution in [0.25, 0.3) is 0 Å². The Morgan fingerprint density at radius 3 is 2.17 bits per heavy atom. The van der Waals surface area contributed by atoms with Crippen LogP contribution in [0.4, 0.5) is 11.6 Å². The SMILES string of the molecule is COc1ccc(OC(C)C(=O)Nc2ccc(S(=O)(=O)Nc3ncccn3)cc2)cc1. The minimum atomic E-state index is -3.84. The largest absolute Gasteiger partial charge is 0.497 e. The maximum absolute atomic E-state index is 12.4. The standard InChI is InChI=1S/C20H20N4O5S/c1-14(29-17-8-6-16(28-2)7-9-17)19(25)23-15-4-10-18(11-5-15)30(26,27)24-20-21-12-3-13-22-20/h3-14H,1-2H3,(H,23,25)(H,21,22,24). The average Bonchev–Trinajstić information content (AvgIpc) is 2.75. The van der Waals surface area contributed by atoms with Crippen LogP contribution in [0.1, 0.15) is 6.92 Å². The van der Waals surface area contributed by atoms with Gasteiger partial charge in [0.15, 0.2) is 6.10 Å². The molecule has 0 saturated heterocycles. The van der Waals surface area contributed by atoms with Crippen molar-refractivity contribution in [3.05, 3.63) is 67.0 Å². The summed E-state index contributed by atoms with van der Waals surface area (Å²) >= 11 is 0. The van der Waals surface area contributed by atoms with Gasteiger partial charge in [0.05, 0.1) is 12.0 Å². The van der Waals surface area contributed by atoms with Gasteiger partial charge in [-0.1, -0.05) is 0 Å². The van der Waals surface area contributed by atoms with Crippen molar-refractivity contribution in [2.75, 3.05) is 17.1 Å². The summed E-state index contributed by atoms with van der Waals surface area (Å²) in [7, 11) is -2.28. The van der Waals surface area contributed by atoms with Gasteiger partial charge in [0.2, 0.25) is 5.95 Å². The minimum Gasteiger partial charge on any atom is -0.497 e. The van der Waals surface area contributed by atoms with Crippen LogP contribution in [0.3, 0.4) is 0 Å². The molecule has 10 heteroatoms. The number of ether oxygens (including phenoxy) is 2. The van der Waals surface area contributed by atoms with Gasteiger partial charge in [0.1, 0.15) is 11.5 Å². The molecule has 0 aliphatic rings. The van der Waals surface area contributed by atoms with Crippen molar-refractivity contribution in [3.63, 3.8) is 0 Å². The van der Waals surface area contributed by atoms with E-state index in [1.165, 1.54) is 36.7 Å². The van der Waals surface area contributed by atoms with Gasteiger partial charge in [0.25, 0.3) is 15.9 Å². The molecular weight excluding hydrogens is 408 g/mol. The van der Waals surface area contributed by atoms with Crippen molar-refractivity contribution in [1.29, 1.82) is 0 Å². The highest BCUT2D eigenvalue weighted by molar-refractivity contribution is 7.92. The Morgan fingerprint density at radius 1 is 0.967 bits per heavy atom. The molecule has 0 aliphatic carbocycles. The van der Waals surface area contributed by atoms with Crippen LogP contribution in [0, 0.1) is 0 Å². The average molecular weight is 428 g/mol. The van der Waals surface area contributed by atoms with Crippen LogP contribution in [-0.2, 0) is 14.8 Å². The number of methoxy groups -OCH3 is 1. The number of anilines is 2. The van der Waals surface area contributed by atoms with Crippen LogP contribution in [0.5, 0.6) is 11.5 Å². The summed E-state index contributed by atoms with van der Waals surface area (Å²) in [6.07, 6.45) is 2.09. The monoisotopic (exact) mass is 428 g/mol. The number of benzene rings is 2. The maximum Gasteiger partial charge on any atom is 0.265 e. The highest BCUT2D eigenvalue weighted by Gasteiger charge is 2.17. The van der Waals surface area contributed by atoms with E-state index in [-0.39, 0.29) is 16.8 Å². The summed E-state index contributed by atoms with van der Waals surface area (Å²) in [6, 6.07) is 14.1. The number of nitrogens with one attached hydrogen (secondary N) is 2. The van der Waals surface area contributed by atoms with E-state index in [4.69, 9.17) is 9.47 Å². The lowest BCUT2D eigenvalue weighted by molar-refractivity contribution is -0.122. The molecule has 3 rings (SSSR count). The molecule has 0 fully saturated rings. The second-order valence-corrected chi connectivity index (χ2v) is 7.81. The van der Waals surface area contributed by atoms with Crippen molar-refractivity contribution in [2.45, 2.75) is 17.9 Å². The number of nitrogens with zero attached hydrogens (tertiary/aromatic N) is 2. The molecule has 1 aromatic heterocycles. The fraction of sp³-hybridized carbons (Fsp3) is 0.150. The molecule has 156 valence electrons. The van der Waals surface area contributed by atoms with Crippen molar-refractivity contribution in [1.82, 2.24) is 9.97 Å². The third-order valence-electron chi connectivity index (χ3n) is 3.97. The number of hydrogen-bond acceptors (Lipinski definition) is 7. The van der Waals surface area contributed by atoms with Crippen molar-refractivity contribution in [2.24, 2.45) is 0 Å². The second kappa shape index (κ2) is 9.23. The molecule has 1 heterocycles. The zero-order valence-corrected chi connectivity index (χ0v) is 17.1. The van der Waals surface area contributed by atoms with Crippen LogP contribution >= 0.6 is 0 Å². The topological polar surface area (TPSA) is 120 Å². The van der Waals surface area contributed by atoms with E-state index in [0.29, 0.717) is 17.2 Å². The Balaban J connectivity index is 1.60. The lowest BCUT2D eigenvalue weighted by Gasteiger charge is -2.15. The predicted octanol–water partition coefficient (Wildman–Crippen LogP) is 2.69. The fourth-order valence-electron chi connectivity index (χ4n) is 2.40. The van der Waals surface area contributed by atoms with Crippen molar-refractivity contribution < 1.29 is 22.7 Å². The number of hydrogen-bond donors (Lipinski definition) is 2. The number of carbonyl (C=O) groups excluding carboxylic acids is 1. The quantitative estimate of drug-likeness (QED) is 0.566. The minimum absolute atomic E-state index is 0.00971. The lowest BCUT2D eigenvalue weighted by atomic mass is 10.3. The molecule has 1 amide bonds. The first kappa shape index (κ1) is 21.1. The van der Waals surface area contributed by atoms with E-state index in [0.717, 1.165) is 0 Å². The predicted molar refractivity (Wildman–Crippen MR) is 111 cm³/mol. The normalized spacial score (nSPS) is 11.9. The number of aromatic nitrogens is 2. The van der Waals surface area contributed by atoms with Gasteiger partial charge in [0, 0.05) is 18.1 Å². The van der Waals surface area contributed by atoms with Gasteiger partial charge >= 0.3 is 0 Å². The van der Waals surface area contributed by atoms with Crippen molar-refractivity contribution in [3.8, 4) is 11.5 Å². The number of amides is 1. The Morgan fingerprint density at radius 2 is 1.57 bits per heavy atom. The van der Waals surface area contributed by atoms with Gasteiger partial charge in [-0.3, -0.25) is 4.79 Å². The van der Waals surface area contributed by atoms with Gasteiger partial charge in [-0.15, -0.1) is 0 Å². The van der Waals surface area contributed by atoms with Gasteiger partial charge in [-0.05, 0) is 61.5 Å². The highest BCUT2D eigenvalue weighted by atomic mass is 32.2. The van der Waals surface area contributed by atoms with E-state index < -0.39 is 16.1 Å². The molecule has 0 bridgehead atoms. The summed E-state index contributed by atoms with van der Waals surface area (Å²) in [5, 5.41) is 2.68. The Bertz CT molecular complexity index is 1090. The van der Waals surface area contributed by atoms with Crippen LogP contribution in [-0.4, -0.2) is 37.5 Å². The molecule has 2 aromatic carbocycles. The first-order valence-electron chi connectivity index (χ1n) is 8.89. The Hall–Kier alpha value is -3.66. The Kier molecular flexibility index (Phi) is 6.48. The molecule has 0 spiro atoms. The van der Waals surface area contributed by atoms with E-state index in [2.05, 4.69) is 20.0 Å². The first-order valence-corrected chi connectivity index (χ1v) is 10.4. The molecule has 2 N–H and O–H groups in total. The summed E-state index contributed by atoms with van der Waals surface area (Å²) < 4.78 is 37.7. The van der Waals surface area contributed by atoms with Crippen molar-refractivity contribution >= 4 is 27.6 Å². The summed E-state index contributed by atoms with van der Waals surface area (Å²) in [5.41, 5.74) is 0.431. The van der Waals surface area contributed by atoms with Gasteiger partial charge in [-0.25, -0.2) is 23.1 Å². The number of sulfonamides is 1. The molecule has 3 aromatic rings. The number of carbonyl (C=O) groups is 1. The summed E-state index contributed by atoms with van der Waals surface area (Å²) in [5.74, 6) is 0.800. The highest BCUT2D eigenvalue weighted by Crippen LogP contribution is 2.19. The fourth-order valence-corrected chi connectivity index (χ4v) is 3.36. The smallest absolute Gasteiger partial charge is 0.265 e. The summed E-state index contributed by atoms with van der Waals surface area (Å²) in [6.45, 7) is 1.61. The lowest BCUT2D eigenvalue weighted by Crippen LogP contribution is -2.30. The Labute approximate surface area is 174 Å². The second-order valence-electron chi connectivity index (χ2n) is 6.13. The zero-order valence-electron chi connectivity index (χ0n) is 16.3. The molecule has 0 saturated carbocycles. The van der Waals surface area contributed by atoms with Gasteiger partial charge < -0.3 is 14.8 Å². The third-order valence-corrected chi connectivity index (χ3v) is 5.31. The molecule has 1 atom stereocenters. The molecule has 0 aliphatic heterocycles. The number of rotatable bonds is 8. The van der Waals surface area contributed by atoms with E-state index in [1.807, 2.05) is 0 Å². The van der Waals surface area contributed by atoms with E-state index in [9.17, 15) is 13.2 Å². The molecule has 0 radical (unpaired) electrons. The van der Waals surface area contributed by atoms with Crippen LogP contribution in [0.2, 0.25) is 0 Å². The molecular formula is C20H20N4O5S. The molecule has 9 nitrogen and oxygen atoms in total. The van der Waals surface area contributed by atoms with E-state index in [1.54, 1.807) is 44.4 Å². The third kappa shape index (κ3) is 5.45. The van der Waals surface area contributed by atoms with Crippen LogP contribution < -0.4 is 19.5 Å². The van der Waals surface area contributed by atoms with E-state index >= 15 is 0 Å². The van der Waals surface area contributed by atoms with Crippen LogP contribution in [0.15, 0.2) is 71.9 Å². The zero-order chi connectivity index (χ0) is 21.6.